The van der Waals surface area contributed by atoms with Crippen molar-refractivity contribution in [2.45, 2.75) is 60.4 Å². The zero-order valence-electron chi connectivity index (χ0n) is 15.2. The van der Waals surface area contributed by atoms with Crippen LogP contribution in [0.15, 0.2) is 9.59 Å². The van der Waals surface area contributed by atoms with Gasteiger partial charge in [-0.05, 0) is 24.7 Å². The lowest BCUT2D eigenvalue weighted by Gasteiger charge is -2.28. The van der Waals surface area contributed by atoms with Crippen molar-refractivity contribution >= 4 is 11.5 Å². The SMILES string of the molecule is CCCCn1c(N)c(N(CCC(C)C)CC(C)C)c(=O)[nH]c1=O. The zero-order valence-corrected chi connectivity index (χ0v) is 15.2. The van der Waals surface area contributed by atoms with Gasteiger partial charge in [0.05, 0.1) is 0 Å². The molecule has 0 amide bonds. The molecule has 1 rings (SSSR count). The minimum Gasteiger partial charge on any atom is -0.383 e. The van der Waals surface area contributed by atoms with Crippen LogP contribution in [-0.2, 0) is 6.54 Å². The van der Waals surface area contributed by atoms with E-state index in [0.717, 1.165) is 32.4 Å². The molecule has 0 aromatic carbocycles. The van der Waals surface area contributed by atoms with Crippen molar-refractivity contribution in [3.05, 3.63) is 20.8 Å². The molecule has 0 bridgehead atoms. The highest BCUT2D eigenvalue weighted by Crippen LogP contribution is 2.19. The smallest absolute Gasteiger partial charge is 0.330 e. The van der Waals surface area contributed by atoms with E-state index in [0.29, 0.717) is 24.1 Å². The van der Waals surface area contributed by atoms with Crippen molar-refractivity contribution in [2.75, 3.05) is 23.7 Å². The minimum atomic E-state index is -0.418. The van der Waals surface area contributed by atoms with Crippen LogP contribution in [0.5, 0.6) is 0 Å². The van der Waals surface area contributed by atoms with Crippen molar-refractivity contribution in [1.82, 2.24) is 9.55 Å². The second kappa shape index (κ2) is 8.79. The van der Waals surface area contributed by atoms with Crippen LogP contribution in [0.2, 0.25) is 0 Å². The Morgan fingerprint density at radius 3 is 2.35 bits per heavy atom. The molecule has 6 heteroatoms. The van der Waals surface area contributed by atoms with Gasteiger partial charge in [0.1, 0.15) is 11.5 Å². The van der Waals surface area contributed by atoms with Gasteiger partial charge in [0, 0.05) is 19.6 Å². The highest BCUT2D eigenvalue weighted by atomic mass is 16.2. The van der Waals surface area contributed by atoms with E-state index in [1.807, 2.05) is 4.90 Å². The highest BCUT2D eigenvalue weighted by Gasteiger charge is 2.19. The molecule has 0 unspecified atom stereocenters. The fourth-order valence-corrected chi connectivity index (χ4v) is 2.57. The van der Waals surface area contributed by atoms with Gasteiger partial charge < -0.3 is 10.6 Å². The number of nitrogens with two attached hydrogens (primary N) is 1. The summed E-state index contributed by atoms with van der Waals surface area (Å²) in [6.07, 6.45) is 2.79. The summed E-state index contributed by atoms with van der Waals surface area (Å²) >= 11 is 0. The van der Waals surface area contributed by atoms with Crippen LogP contribution in [0.3, 0.4) is 0 Å². The number of aromatic amines is 1. The van der Waals surface area contributed by atoms with Crippen LogP contribution < -0.4 is 21.9 Å². The lowest BCUT2D eigenvalue weighted by molar-refractivity contribution is 0.536. The number of nitrogens with zero attached hydrogens (tertiary/aromatic N) is 2. The monoisotopic (exact) mass is 324 g/mol. The third-order valence-corrected chi connectivity index (χ3v) is 3.83. The van der Waals surface area contributed by atoms with Crippen molar-refractivity contribution in [1.29, 1.82) is 0 Å². The van der Waals surface area contributed by atoms with Crippen LogP contribution >= 0.6 is 0 Å². The predicted molar refractivity (Wildman–Crippen MR) is 97.1 cm³/mol. The Kier molecular flexibility index (Phi) is 7.39. The van der Waals surface area contributed by atoms with Gasteiger partial charge in [-0.3, -0.25) is 14.3 Å². The molecule has 23 heavy (non-hydrogen) atoms. The summed E-state index contributed by atoms with van der Waals surface area (Å²) in [5.74, 6) is 1.23. The molecule has 0 saturated carbocycles. The highest BCUT2D eigenvalue weighted by molar-refractivity contribution is 5.62. The van der Waals surface area contributed by atoms with Gasteiger partial charge in [0.2, 0.25) is 0 Å². The fraction of sp³-hybridized carbons (Fsp3) is 0.765. The average Bonchev–Trinajstić information content (AvgIpc) is 2.43. The number of rotatable bonds is 9. The summed E-state index contributed by atoms with van der Waals surface area (Å²) in [6, 6.07) is 0. The molecule has 0 saturated heterocycles. The van der Waals surface area contributed by atoms with E-state index < -0.39 is 5.69 Å². The first-order valence-corrected chi connectivity index (χ1v) is 8.65. The number of unbranched alkanes of at least 4 members (excludes halogenated alkanes) is 1. The number of aromatic nitrogens is 2. The lowest BCUT2D eigenvalue weighted by Crippen LogP contribution is -2.40. The Morgan fingerprint density at radius 2 is 1.83 bits per heavy atom. The van der Waals surface area contributed by atoms with Crippen LogP contribution in [0.4, 0.5) is 11.5 Å². The van der Waals surface area contributed by atoms with Gasteiger partial charge in [0.25, 0.3) is 5.56 Å². The largest absolute Gasteiger partial charge is 0.383 e. The Balaban J connectivity index is 3.28. The van der Waals surface area contributed by atoms with E-state index in [2.05, 4.69) is 39.6 Å². The molecule has 1 aromatic rings. The summed E-state index contributed by atoms with van der Waals surface area (Å²) in [7, 11) is 0. The second-order valence-electron chi connectivity index (χ2n) is 7.02. The number of hydrogen-bond donors (Lipinski definition) is 2. The van der Waals surface area contributed by atoms with Gasteiger partial charge >= 0.3 is 5.69 Å². The topological polar surface area (TPSA) is 84.1 Å². The van der Waals surface area contributed by atoms with Crippen LogP contribution in [0.1, 0.15) is 53.9 Å². The predicted octanol–water partition coefficient (Wildman–Crippen LogP) is 2.43. The molecule has 1 aromatic heterocycles. The molecular weight excluding hydrogens is 292 g/mol. The molecule has 0 aliphatic rings. The second-order valence-corrected chi connectivity index (χ2v) is 7.02. The standard InChI is InChI=1S/C17H32N4O2/c1-6-7-9-21-15(18)14(16(22)19-17(21)23)20(11-13(4)5)10-8-12(2)3/h12-13H,6-11,18H2,1-5H3,(H,19,22,23). The average molecular weight is 324 g/mol. The zero-order chi connectivity index (χ0) is 17.6. The fourth-order valence-electron chi connectivity index (χ4n) is 2.57. The maximum atomic E-state index is 12.4. The van der Waals surface area contributed by atoms with Crippen LogP contribution in [-0.4, -0.2) is 22.6 Å². The summed E-state index contributed by atoms with van der Waals surface area (Å²) < 4.78 is 1.49. The van der Waals surface area contributed by atoms with Crippen molar-refractivity contribution < 1.29 is 0 Å². The molecule has 1 heterocycles. The van der Waals surface area contributed by atoms with Crippen molar-refractivity contribution in [2.24, 2.45) is 11.8 Å². The third kappa shape index (κ3) is 5.44. The Bertz CT molecular complexity index is 602. The summed E-state index contributed by atoms with van der Waals surface area (Å²) in [4.78, 5) is 28.9. The molecule has 6 nitrogen and oxygen atoms in total. The first-order valence-electron chi connectivity index (χ1n) is 8.65. The maximum absolute atomic E-state index is 12.4. The van der Waals surface area contributed by atoms with Gasteiger partial charge in [-0.1, -0.05) is 41.0 Å². The number of hydrogen-bond acceptors (Lipinski definition) is 4. The Morgan fingerprint density at radius 1 is 1.17 bits per heavy atom. The van der Waals surface area contributed by atoms with Gasteiger partial charge in [0.15, 0.2) is 0 Å². The summed E-state index contributed by atoms with van der Waals surface area (Å²) in [6.45, 7) is 12.6. The van der Waals surface area contributed by atoms with E-state index in [1.165, 1.54) is 4.57 Å². The molecule has 132 valence electrons. The lowest BCUT2D eigenvalue weighted by atomic mass is 10.1. The molecule has 0 aliphatic carbocycles. The van der Waals surface area contributed by atoms with Gasteiger partial charge in [-0.2, -0.15) is 0 Å². The summed E-state index contributed by atoms with van der Waals surface area (Å²) in [5, 5.41) is 0. The summed E-state index contributed by atoms with van der Waals surface area (Å²) in [5.41, 5.74) is 5.85. The number of anilines is 2. The van der Waals surface area contributed by atoms with E-state index in [-0.39, 0.29) is 11.4 Å². The molecule has 0 spiro atoms. The molecule has 0 fully saturated rings. The van der Waals surface area contributed by atoms with Crippen molar-refractivity contribution in [3.63, 3.8) is 0 Å². The molecule has 3 N–H and O–H groups in total. The van der Waals surface area contributed by atoms with E-state index in [9.17, 15) is 9.59 Å². The quantitative estimate of drug-likeness (QED) is 0.730. The molecule has 0 radical (unpaired) electrons. The van der Waals surface area contributed by atoms with Gasteiger partial charge in [-0.25, -0.2) is 4.79 Å². The van der Waals surface area contributed by atoms with E-state index in [1.54, 1.807) is 0 Å². The van der Waals surface area contributed by atoms with Crippen LogP contribution in [0.25, 0.3) is 0 Å². The maximum Gasteiger partial charge on any atom is 0.330 e. The molecule has 0 atom stereocenters. The van der Waals surface area contributed by atoms with E-state index >= 15 is 0 Å². The van der Waals surface area contributed by atoms with E-state index in [4.69, 9.17) is 5.73 Å². The third-order valence-electron chi connectivity index (χ3n) is 3.83. The van der Waals surface area contributed by atoms with Crippen molar-refractivity contribution in [3.8, 4) is 0 Å². The van der Waals surface area contributed by atoms with Crippen LogP contribution in [0, 0.1) is 11.8 Å². The minimum absolute atomic E-state index is 0.289. The number of nitrogen functional groups attached to an aromatic ring is 1. The molecule has 0 aliphatic heterocycles. The Labute approximate surface area is 138 Å². The first-order chi connectivity index (χ1) is 10.8. The Hall–Kier alpha value is -1.72. The van der Waals surface area contributed by atoms with Gasteiger partial charge in [-0.15, -0.1) is 0 Å². The normalized spacial score (nSPS) is 11.4. The first kappa shape index (κ1) is 19.3. The molecular formula is C17H32N4O2. The number of nitrogens with one attached hydrogen (secondary N) is 1. The number of H-pyrrole nitrogens is 1.